The molecule has 1 aliphatic carbocycles. The van der Waals surface area contributed by atoms with E-state index in [1.165, 1.54) is 0 Å². The maximum Gasteiger partial charge on any atom is 0.231 e. The molecule has 3 atom stereocenters. The monoisotopic (exact) mass is 317 g/mol. The number of fused-ring (bicyclic) bond motifs is 1. The Balaban J connectivity index is 1.45. The lowest BCUT2D eigenvalue weighted by Crippen LogP contribution is -2.54. The predicted octanol–water partition coefficient (Wildman–Crippen LogP) is 1.08. The highest BCUT2D eigenvalue weighted by atomic mass is 16.7. The average Bonchev–Trinajstić information content (AvgIpc) is 3.21. The number of aliphatic hydroxyl groups is 1. The molecular weight excluding hydrogens is 298 g/mol. The van der Waals surface area contributed by atoms with Gasteiger partial charge in [-0.3, -0.25) is 4.68 Å². The molecule has 2 aromatic rings. The average molecular weight is 317 g/mol. The van der Waals surface area contributed by atoms with E-state index in [-0.39, 0.29) is 25.0 Å². The minimum Gasteiger partial charge on any atom is -0.493 e. The molecule has 0 radical (unpaired) electrons. The van der Waals surface area contributed by atoms with E-state index in [1.54, 1.807) is 13.3 Å². The zero-order valence-corrected chi connectivity index (χ0v) is 12.8. The summed E-state index contributed by atoms with van der Waals surface area (Å²) >= 11 is 0. The summed E-state index contributed by atoms with van der Waals surface area (Å²) in [6.45, 7) is 0.876. The van der Waals surface area contributed by atoms with Crippen molar-refractivity contribution in [2.75, 3.05) is 13.9 Å². The van der Waals surface area contributed by atoms with Crippen LogP contribution in [-0.4, -0.2) is 40.9 Å². The highest BCUT2D eigenvalue weighted by Gasteiger charge is 2.41. The Morgan fingerprint density at radius 2 is 2.35 bits per heavy atom. The summed E-state index contributed by atoms with van der Waals surface area (Å²) in [5.74, 6) is 2.04. The highest BCUT2D eigenvalue weighted by Crippen LogP contribution is 2.42. The van der Waals surface area contributed by atoms with E-state index in [0.29, 0.717) is 30.2 Å². The third kappa shape index (κ3) is 2.51. The third-order valence-electron chi connectivity index (χ3n) is 4.42. The van der Waals surface area contributed by atoms with Gasteiger partial charge in [-0.2, -0.15) is 5.10 Å². The third-order valence-corrected chi connectivity index (χ3v) is 4.42. The molecule has 7 nitrogen and oxygen atoms in total. The Bertz CT molecular complexity index is 689. The fraction of sp³-hybridized carbons (Fsp3) is 0.438. The van der Waals surface area contributed by atoms with Gasteiger partial charge in [0.05, 0.1) is 19.3 Å². The minimum atomic E-state index is -0.362. The molecule has 0 unspecified atom stereocenters. The van der Waals surface area contributed by atoms with E-state index in [0.717, 1.165) is 5.56 Å². The molecule has 2 aliphatic rings. The van der Waals surface area contributed by atoms with Crippen LogP contribution in [0, 0.1) is 0 Å². The molecule has 2 N–H and O–H groups in total. The number of ether oxygens (including phenoxy) is 3. The summed E-state index contributed by atoms with van der Waals surface area (Å²) in [5.41, 5.74) is 1.05. The molecule has 4 rings (SSSR count). The van der Waals surface area contributed by atoms with E-state index in [4.69, 9.17) is 14.2 Å². The molecule has 0 amide bonds. The van der Waals surface area contributed by atoms with Crippen molar-refractivity contribution in [2.45, 2.75) is 31.2 Å². The second kappa shape index (κ2) is 5.75. The van der Waals surface area contributed by atoms with Gasteiger partial charge in [-0.05, 0) is 30.2 Å². The van der Waals surface area contributed by atoms with Crippen molar-refractivity contribution in [2.24, 2.45) is 0 Å². The fourth-order valence-corrected chi connectivity index (χ4v) is 3.17. The quantitative estimate of drug-likeness (QED) is 0.859. The second-order valence-corrected chi connectivity index (χ2v) is 5.80. The largest absolute Gasteiger partial charge is 0.493 e. The fourth-order valence-electron chi connectivity index (χ4n) is 3.17. The predicted molar refractivity (Wildman–Crippen MR) is 81.6 cm³/mol. The lowest BCUT2D eigenvalue weighted by Gasteiger charge is -2.42. The van der Waals surface area contributed by atoms with Crippen LogP contribution >= 0.6 is 0 Å². The molecular formula is C16H19N3O4. The van der Waals surface area contributed by atoms with Crippen molar-refractivity contribution in [1.29, 1.82) is 0 Å². The summed E-state index contributed by atoms with van der Waals surface area (Å²) in [5, 5.41) is 17.7. The zero-order chi connectivity index (χ0) is 15.8. The van der Waals surface area contributed by atoms with E-state index in [2.05, 4.69) is 10.4 Å². The van der Waals surface area contributed by atoms with Crippen molar-refractivity contribution in [3.8, 4) is 17.2 Å². The molecule has 2 heterocycles. The first kappa shape index (κ1) is 14.3. The van der Waals surface area contributed by atoms with Gasteiger partial charge in [-0.15, -0.1) is 0 Å². The van der Waals surface area contributed by atoms with Gasteiger partial charge in [-0.1, -0.05) is 0 Å². The van der Waals surface area contributed by atoms with Crippen molar-refractivity contribution in [1.82, 2.24) is 15.1 Å². The van der Waals surface area contributed by atoms with Gasteiger partial charge < -0.3 is 24.6 Å². The van der Waals surface area contributed by atoms with Gasteiger partial charge in [0, 0.05) is 25.0 Å². The molecule has 1 saturated carbocycles. The molecule has 122 valence electrons. The molecule has 7 heteroatoms. The van der Waals surface area contributed by atoms with Gasteiger partial charge in [0.25, 0.3) is 0 Å². The summed E-state index contributed by atoms with van der Waals surface area (Å²) in [7, 11) is 1.62. The normalized spacial score (nSPS) is 25.2. The maximum atomic E-state index is 10.00. The standard InChI is InChI=1S/C16H19N3O4/c1-21-13-5-10(6-14-16(13)23-9-22-14)8-17-11-7-12(20)15(11)19-4-2-3-18-19/h2-6,11-12,15,17,20H,7-9H2,1H3/t11-,12+,15+/m0/s1. The van der Waals surface area contributed by atoms with Crippen LogP contribution in [0.2, 0.25) is 0 Å². The number of aliphatic hydroxyl groups excluding tert-OH is 1. The minimum absolute atomic E-state index is 0.0269. The summed E-state index contributed by atoms with van der Waals surface area (Å²) in [6.07, 6.45) is 3.96. The van der Waals surface area contributed by atoms with Crippen LogP contribution < -0.4 is 19.5 Å². The van der Waals surface area contributed by atoms with Crippen LogP contribution in [0.4, 0.5) is 0 Å². The van der Waals surface area contributed by atoms with Gasteiger partial charge in [0.1, 0.15) is 0 Å². The number of nitrogens with one attached hydrogen (secondary N) is 1. The SMILES string of the molecule is COc1cc(CN[C@H]2C[C@@H](O)[C@@H]2n2cccn2)cc2c1OCO2. The van der Waals surface area contributed by atoms with Gasteiger partial charge >= 0.3 is 0 Å². The van der Waals surface area contributed by atoms with Crippen molar-refractivity contribution in [3.63, 3.8) is 0 Å². The van der Waals surface area contributed by atoms with Crippen LogP contribution in [0.15, 0.2) is 30.6 Å². The molecule has 0 saturated heterocycles. The Hall–Kier alpha value is -2.25. The Kier molecular flexibility index (Phi) is 3.59. The number of rotatable bonds is 5. The summed E-state index contributed by atoms with van der Waals surface area (Å²) in [4.78, 5) is 0. The van der Waals surface area contributed by atoms with Gasteiger partial charge in [0.15, 0.2) is 11.5 Å². The number of benzene rings is 1. The van der Waals surface area contributed by atoms with E-state index in [1.807, 2.05) is 29.1 Å². The first-order chi connectivity index (χ1) is 11.3. The molecule has 1 aliphatic heterocycles. The number of hydrogen-bond donors (Lipinski definition) is 2. The van der Waals surface area contributed by atoms with Gasteiger partial charge in [-0.25, -0.2) is 0 Å². The van der Waals surface area contributed by atoms with E-state index < -0.39 is 0 Å². The smallest absolute Gasteiger partial charge is 0.231 e. The topological polar surface area (TPSA) is 77.8 Å². The molecule has 1 aromatic heterocycles. The first-order valence-electron chi connectivity index (χ1n) is 7.63. The zero-order valence-electron chi connectivity index (χ0n) is 12.8. The van der Waals surface area contributed by atoms with Crippen LogP contribution in [-0.2, 0) is 6.54 Å². The molecule has 23 heavy (non-hydrogen) atoms. The molecule has 0 bridgehead atoms. The lowest BCUT2D eigenvalue weighted by molar-refractivity contribution is -0.00822. The number of methoxy groups -OCH3 is 1. The maximum absolute atomic E-state index is 10.00. The Labute approximate surface area is 133 Å². The highest BCUT2D eigenvalue weighted by molar-refractivity contribution is 5.55. The first-order valence-corrected chi connectivity index (χ1v) is 7.63. The van der Waals surface area contributed by atoms with Crippen molar-refractivity contribution in [3.05, 3.63) is 36.2 Å². The van der Waals surface area contributed by atoms with Crippen molar-refractivity contribution >= 4 is 0 Å². The molecule has 1 fully saturated rings. The lowest BCUT2D eigenvalue weighted by atomic mass is 9.83. The van der Waals surface area contributed by atoms with Crippen LogP contribution in [0.1, 0.15) is 18.0 Å². The Morgan fingerprint density at radius 1 is 1.43 bits per heavy atom. The molecule has 0 spiro atoms. The van der Waals surface area contributed by atoms with Crippen molar-refractivity contribution < 1.29 is 19.3 Å². The number of nitrogens with zero attached hydrogens (tertiary/aromatic N) is 2. The number of hydrogen-bond acceptors (Lipinski definition) is 6. The summed E-state index contributed by atoms with van der Waals surface area (Å²) < 4.78 is 18.0. The van der Waals surface area contributed by atoms with Gasteiger partial charge in [0.2, 0.25) is 12.5 Å². The van der Waals surface area contributed by atoms with E-state index >= 15 is 0 Å². The van der Waals surface area contributed by atoms with Crippen LogP contribution in [0.25, 0.3) is 0 Å². The van der Waals surface area contributed by atoms with E-state index in [9.17, 15) is 5.11 Å². The molecule has 1 aromatic carbocycles. The second-order valence-electron chi connectivity index (χ2n) is 5.80. The van der Waals surface area contributed by atoms with Crippen LogP contribution in [0.3, 0.4) is 0 Å². The Morgan fingerprint density at radius 3 is 3.09 bits per heavy atom. The number of aromatic nitrogens is 2. The van der Waals surface area contributed by atoms with Crippen LogP contribution in [0.5, 0.6) is 17.2 Å². The summed E-state index contributed by atoms with van der Waals surface area (Å²) in [6, 6.07) is 5.92.